The average molecular weight is 436 g/mol. The van der Waals surface area contributed by atoms with E-state index in [0.717, 1.165) is 12.0 Å². The molecule has 0 heterocycles. The summed E-state index contributed by atoms with van der Waals surface area (Å²) in [6.07, 6.45) is 11.7. The molecule has 3 aliphatic rings. The van der Waals surface area contributed by atoms with E-state index in [9.17, 15) is 0 Å². The summed E-state index contributed by atoms with van der Waals surface area (Å²) in [5.74, 6) is 8.26. The molecule has 33 heavy (non-hydrogen) atoms. The topological polar surface area (TPSA) is 12.5 Å². The molecular weight excluding hydrogens is 402 g/mol. The van der Waals surface area contributed by atoms with E-state index in [-0.39, 0.29) is 11.0 Å². The molecule has 2 aromatic rings. The molecule has 0 unspecified atom stereocenters. The lowest BCUT2D eigenvalue weighted by Gasteiger charge is -2.44. The third kappa shape index (κ3) is 3.30. The molecule has 2 aromatic carbocycles. The summed E-state index contributed by atoms with van der Waals surface area (Å²) in [5.41, 5.74) is 4.98. The van der Waals surface area contributed by atoms with Crippen molar-refractivity contribution in [2.45, 2.75) is 38.1 Å². The van der Waals surface area contributed by atoms with Crippen molar-refractivity contribution in [2.75, 3.05) is 20.7 Å². The highest BCUT2D eigenvalue weighted by molar-refractivity contribution is 5.87. The lowest BCUT2D eigenvalue weighted by Crippen LogP contribution is -2.48. The SMILES string of the molecule is CCOC1=C[C@]2(N(C)C)C(/C=C/C#Cc3ccccc3)=C(c3ccccc3)[C@]13CCCC[C@@H]32. The number of ether oxygens (including phenoxy) is 1. The van der Waals surface area contributed by atoms with Gasteiger partial charge in [-0.3, -0.25) is 4.90 Å². The summed E-state index contributed by atoms with van der Waals surface area (Å²) >= 11 is 0. The van der Waals surface area contributed by atoms with Gasteiger partial charge < -0.3 is 4.74 Å². The summed E-state index contributed by atoms with van der Waals surface area (Å²) < 4.78 is 6.40. The minimum absolute atomic E-state index is 0.0492. The van der Waals surface area contributed by atoms with E-state index >= 15 is 0 Å². The van der Waals surface area contributed by atoms with Crippen molar-refractivity contribution in [3.8, 4) is 11.8 Å². The summed E-state index contributed by atoms with van der Waals surface area (Å²) in [4.78, 5) is 2.42. The molecule has 3 aliphatic carbocycles. The summed E-state index contributed by atoms with van der Waals surface area (Å²) in [7, 11) is 4.45. The van der Waals surface area contributed by atoms with Crippen LogP contribution in [0, 0.1) is 23.2 Å². The first-order valence-corrected chi connectivity index (χ1v) is 12.2. The van der Waals surface area contributed by atoms with E-state index in [0.29, 0.717) is 12.5 Å². The minimum atomic E-state index is -0.166. The zero-order chi connectivity index (χ0) is 22.9. The summed E-state index contributed by atoms with van der Waals surface area (Å²) in [5, 5.41) is 0. The molecule has 0 saturated heterocycles. The first-order chi connectivity index (χ1) is 16.1. The predicted molar refractivity (Wildman–Crippen MR) is 136 cm³/mol. The molecule has 0 spiro atoms. The van der Waals surface area contributed by atoms with Crippen molar-refractivity contribution < 1.29 is 4.74 Å². The molecule has 0 amide bonds. The van der Waals surface area contributed by atoms with Gasteiger partial charge in [0, 0.05) is 11.5 Å². The monoisotopic (exact) mass is 435 g/mol. The predicted octanol–water partition coefficient (Wildman–Crippen LogP) is 6.47. The Bertz CT molecular complexity index is 1160. The molecule has 1 saturated carbocycles. The molecule has 3 atom stereocenters. The van der Waals surface area contributed by atoms with Crippen molar-refractivity contribution in [3.05, 3.63) is 101 Å². The van der Waals surface area contributed by atoms with Gasteiger partial charge in [0.15, 0.2) is 0 Å². The maximum atomic E-state index is 6.40. The fraction of sp³-hybridized carbons (Fsp3) is 0.355. The van der Waals surface area contributed by atoms with Crippen LogP contribution in [0.4, 0.5) is 0 Å². The van der Waals surface area contributed by atoms with Crippen LogP contribution < -0.4 is 0 Å². The van der Waals surface area contributed by atoms with Gasteiger partial charge in [-0.25, -0.2) is 0 Å². The molecular formula is C31H33NO. The van der Waals surface area contributed by atoms with Gasteiger partial charge in [0.2, 0.25) is 0 Å². The second kappa shape index (κ2) is 8.73. The van der Waals surface area contributed by atoms with Crippen LogP contribution in [-0.2, 0) is 4.74 Å². The lowest BCUT2D eigenvalue weighted by atomic mass is 9.63. The molecule has 0 radical (unpaired) electrons. The molecule has 168 valence electrons. The number of rotatable bonds is 5. The van der Waals surface area contributed by atoms with Crippen molar-refractivity contribution in [2.24, 2.45) is 11.3 Å². The normalized spacial score (nSPS) is 28.0. The highest BCUT2D eigenvalue weighted by Gasteiger charge is 2.68. The summed E-state index contributed by atoms with van der Waals surface area (Å²) in [6, 6.07) is 21.2. The Kier molecular flexibility index (Phi) is 5.77. The third-order valence-electron chi connectivity index (χ3n) is 7.80. The fourth-order valence-corrected chi connectivity index (χ4v) is 6.64. The number of hydrogen-bond acceptors (Lipinski definition) is 2. The highest BCUT2D eigenvalue weighted by atomic mass is 16.5. The van der Waals surface area contributed by atoms with Crippen molar-refractivity contribution in [3.63, 3.8) is 0 Å². The quantitative estimate of drug-likeness (QED) is 0.499. The van der Waals surface area contributed by atoms with Crippen LogP contribution in [0.25, 0.3) is 5.57 Å². The van der Waals surface area contributed by atoms with Crippen molar-refractivity contribution in [1.82, 2.24) is 4.90 Å². The maximum Gasteiger partial charge on any atom is 0.105 e. The van der Waals surface area contributed by atoms with Gasteiger partial charge in [0.1, 0.15) is 5.76 Å². The standard InChI is InChI=1S/C31H33NO/c1-4-33-28-23-31(32(2)3)26(20-12-11-17-24-15-7-5-8-16-24)29(25-18-9-6-10-19-25)30(28)22-14-13-21-27(30)31/h5-10,12,15-16,18-20,23,27H,4,13-14,21-22H2,1-3H3/b20-12+/t27-,30-,31-/m0/s1. The summed E-state index contributed by atoms with van der Waals surface area (Å²) in [6.45, 7) is 2.81. The first kappa shape index (κ1) is 21.8. The smallest absolute Gasteiger partial charge is 0.105 e. The van der Waals surface area contributed by atoms with E-state index in [2.05, 4.69) is 92.4 Å². The van der Waals surface area contributed by atoms with Crippen molar-refractivity contribution in [1.29, 1.82) is 0 Å². The molecule has 5 rings (SSSR count). The van der Waals surface area contributed by atoms with Crippen LogP contribution in [0.1, 0.15) is 43.7 Å². The van der Waals surface area contributed by atoms with Crippen LogP contribution in [0.2, 0.25) is 0 Å². The number of nitrogens with zero attached hydrogens (tertiary/aromatic N) is 1. The van der Waals surface area contributed by atoms with Gasteiger partial charge in [-0.05, 0) is 80.9 Å². The Hall–Kier alpha value is -3.02. The third-order valence-corrected chi connectivity index (χ3v) is 7.80. The molecule has 0 aliphatic heterocycles. The zero-order valence-corrected chi connectivity index (χ0v) is 20.0. The Morgan fingerprint density at radius 1 is 1.03 bits per heavy atom. The van der Waals surface area contributed by atoms with Crippen LogP contribution in [0.15, 0.2) is 90.2 Å². The van der Waals surface area contributed by atoms with Gasteiger partial charge in [0.25, 0.3) is 0 Å². The molecule has 0 N–H and O–H groups in total. The zero-order valence-electron chi connectivity index (χ0n) is 20.0. The van der Waals surface area contributed by atoms with Crippen LogP contribution in [-0.4, -0.2) is 31.1 Å². The highest BCUT2D eigenvalue weighted by Crippen LogP contribution is 2.71. The molecule has 2 nitrogen and oxygen atoms in total. The molecule has 2 heteroatoms. The molecule has 1 fully saturated rings. The second-order valence-electron chi connectivity index (χ2n) is 9.55. The Labute approximate surface area is 198 Å². The van der Waals surface area contributed by atoms with Gasteiger partial charge in [-0.15, -0.1) is 0 Å². The Morgan fingerprint density at radius 2 is 1.76 bits per heavy atom. The Morgan fingerprint density at radius 3 is 2.45 bits per heavy atom. The van der Waals surface area contributed by atoms with Crippen LogP contribution in [0.3, 0.4) is 0 Å². The van der Waals surface area contributed by atoms with Gasteiger partial charge in [-0.1, -0.05) is 73.2 Å². The van der Waals surface area contributed by atoms with Gasteiger partial charge in [0.05, 0.1) is 17.6 Å². The average Bonchev–Trinajstić information content (AvgIpc) is 3.28. The largest absolute Gasteiger partial charge is 0.498 e. The maximum absolute atomic E-state index is 6.40. The second-order valence-corrected chi connectivity index (χ2v) is 9.55. The number of benzene rings is 2. The minimum Gasteiger partial charge on any atom is -0.498 e. The van der Waals surface area contributed by atoms with Gasteiger partial charge >= 0.3 is 0 Å². The van der Waals surface area contributed by atoms with Gasteiger partial charge in [-0.2, -0.15) is 0 Å². The van der Waals surface area contributed by atoms with Crippen LogP contribution >= 0.6 is 0 Å². The number of hydrogen-bond donors (Lipinski definition) is 0. The van der Waals surface area contributed by atoms with E-state index in [4.69, 9.17) is 4.74 Å². The van der Waals surface area contributed by atoms with E-state index in [1.54, 1.807) is 0 Å². The Balaban J connectivity index is 1.69. The van der Waals surface area contributed by atoms with Crippen molar-refractivity contribution >= 4 is 5.57 Å². The number of allylic oxidation sites excluding steroid dienone is 2. The first-order valence-electron chi connectivity index (χ1n) is 12.2. The van der Waals surface area contributed by atoms with E-state index < -0.39 is 0 Å². The fourth-order valence-electron chi connectivity index (χ4n) is 6.64. The molecule has 0 aromatic heterocycles. The van der Waals surface area contributed by atoms with Crippen LogP contribution in [0.5, 0.6) is 0 Å². The number of likely N-dealkylation sites (N-methyl/N-ethyl adjacent to an activating group) is 1. The van der Waals surface area contributed by atoms with E-state index in [1.165, 1.54) is 41.7 Å². The molecule has 2 bridgehead atoms. The lowest BCUT2D eigenvalue weighted by molar-refractivity contribution is 0.0769. The van der Waals surface area contributed by atoms with E-state index in [1.807, 2.05) is 24.3 Å².